The fourth-order valence-corrected chi connectivity index (χ4v) is 3.84. The van der Waals surface area contributed by atoms with E-state index in [4.69, 9.17) is 39.2 Å². The molecule has 2 rings (SSSR count). The van der Waals surface area contributed by atoms with Gasteiger partial charge in [-0.3, -0.25) is 0 Å². The lowest BCUT2D eigenvalue weighted by Gasteiger charge is -2.22. The zero-order valence-electron chi connectivity index (χ0n) is 8.46. The second kappa shape index (κ2) is 5.69. The van der Waals surface area contributed by atoms with Gasteiger partial charge in [-0.05, 0) is 12.8 Å². The van der Waals surface area contributed by atoms with E-state index in [1.54, 1.807) is 5.38 Å². The van der Waals surface area contributed by atoms with Crippen LogP contribution in [-0.4, -0.2) is 25.4 Å². The summed E-state index contributed by atoms with van der Waals surface area (Å²) in [6.45, 7) is 0. The number of nitrogens with zero attached hydrogens (tertiary/aromatic N) is 1. The van der Waals surface area contributed by atoms with E-state index in [-0.39, 0.29) is 11.5 Å². The summed E-state index contributed by atoms with van der Waals surface area (Å²) in [5, 5.41) is 4.94. The second-order valence-electron chi connectivity index (χ2n) is 3.68. The van der Waals surface area contributed by atoms with Crippen LogP contribution < -0.4 is 4.18 Å². The van der Waals surface area contributed by atoms with Crippen LogP contribution in [0.1, 0.15) is 25.7 Å². The molecule has 2 N–H and O–H groups in total. The number of halogens is 3. The molecule has 0 spiro atoms. The van der Waals surface area contributed by atoms with Crippen molar-refractivity contribution in [1.82, 2.24) is 13.9 Å². The molecule has 1 aliphatic rings. The third-order valence-corrected chi connectivity index (χ3v) is 4.79. The first-order valence-corrected chi connectivity index (χ1v) is 7.42. The molecule has 3 atom stereocenters. The molecular weight excluding hydrogens is 293 g/mol. The predicted molar refractivity (Wildman–Crippen MR) is 68.0 cm³/mol. The molecule has 0 amide bonds. The van der Waals surface area contributed by atoms with Gasteiger partial charge in [-0.15, -0.1) is 15.8 Å². The minimum absolute atomic E-state index is 0.0649. The molecule has 0 aliphatic heterocycles. The maximum absolute atomic E-state index is 6.21. The SMILES string of the molecule is Clc1c[s+](O[C@@H]2CCCC[C@H]2Cl)[nH]n(Cl)[nH]1. The summed E-state index contributed by atoms with van der Waals surface area (Å²) < 4.78 is 9.90. The Kier molecular flexibility index (Phi) is 4.49. The molecule has 16 heavy (non-hydrogen) atoms. The molecule has 1 aromatic rings. The summed E-state index contributed by atoms with van der Waals surface area (Å²) >= 11 is 17.8. The van der Waals surface area contributed by atoms with Gasteiger partial charge in [0, 0.05) is 0 Å². The van der Waals surface area contributed by atoms with Crippen LogP contribution in [0.3, 0.4) is 0 Å². The van der Waals surface area contributed by atoms with Gasteiger partial charge in [0.1, 0.15) is 6.10 Å². The molecule has 1 aromatic heterocycles. The average Bonchev–Trinajstić information content (AvgIpc) is 2.20. The Labute approximate surface area is 112 Å². The monoisotopic (exact) mass is 304 g/mol. The molecule has 92 valence electrons. The Bertz CT molecular complexity index is 361. The van der Waals surface area contributed by atoms with Crippen molar-refractivity contribution in [1.29, 1.82) is 0 Å². The first kappa shape index (κ1) is 12.6. The number of nitrogens with one attached hydrogen (secondary N) is 2. The Morgan fingerprint density at radius 3 is 2.88 bits per heavy atom. The lowest BCUT2D eigenvalue weighted by atomic mass is 9.97. The van der Waals surface area contributed by atoms with Crippen LogP contribution in [0.2, 0.25) is 5.15 Å². The summed E-state index contributed by atoms with van der Waals surface area (Å²) in [5.74, 6) is 0. The third-order valence-electron chi connectivity index (χ3n) is 2.43. The van der Waals surface area contributed by atoms with Gasteiger partial charge < -0.3 is 0 Å². The predicted octanol–water partition coefficient (Wildman–Crippen LogP) is 3.65. The standard InChI is InChI=1S/C8H13Cl3N3OS/c9-6-3-1-2-4-7(6)15-16-5-8(10)12-14(11)13-16/h5-7,12-13H,1-4H2/q+1/t6-,7-,16?/m1/s1. The number of hydrogen-bond donors (Lipinski definition) is 2. The molecular formula is C8H13Cl3N3OS+. The number of rotatable bonds is 2. The molecule has 8 heteroatoms. The van der Waals surface area contributed by atoms with Crippen molar-refractivity contribution in [3.63, 3.8) is 0 Å². The van der Waals surface area contributed by atoms with E-state index in [1.807, 2.05) is 0 Å². The van der Waals surface area contributed by atoms with Crippen LogP contribution in [0.5, 0.6) is 0 Å². The van der Waals surface area contributed by atoms with Crippen LogP contribution in [0.25, 0.3) is 0 Å². The quantitative estimate of drug-likeness (QED) is 0.636. The molecule has 1 heterocycles. The number of alkyl halides is 1. The number of H-pyrrole nitrogens is 2. The summed E-state index contributed by atoms with van der Waals surface area (Å²) in [6, 6.07) is 0. The fraction of sp³-hybridized carbons (Fsp3) is 0.750. The maximum Gasteiger partial charge on any atom is 0.254 e. The minimum atomic E-state index is -0.620. The zero-order chi connectivity index (χ0) is 11.5. The van der Waals surface area contributed by atoms with Gasteiger partial charge in [-0.2, -0.15) is 0 Å². The Morgan fingerprint density at radius 1 is 1.44 bits per heavy atom. The molecule has 1 saturated carbocycles. The fourth-order valence-electron chi connectivity index (χ4n) is 1.68. The summed E-state index contributed by atoms with van der Waals surface area (Å²) in [7, 11) is -0.620. The van der Waals surface area contributed by atoms with Gasteiger partial charge >= 0.3 is 0 Å². The Hall–Kier alpha value is 0.190. The van der Waals surface area contributed by atoms with E-state index in [0.717, 1.165) is 23.6 Å². The second-order valence-corrected chi connectivity index (χ2v) is 6.19. The smallest absolute Gasteiger partial charge is 0.250 e. The van der Waals surface area contributed by atoms with E-state index in [2.05, 4.69) is 9.59 Å². The highest BCUT2D eigenvalue weighted by Gasteiger charge is 2.29. The lowest BCUT2D eigenvalue weighted by Crippen LogP contribution is -2.31. The Balaban J connectivity index is 2.07. The van der Waals surface area contributed by atoms with Gasteiger partial charge in [0.25, 0.3) is 10.9 Å². The molecule has 0 radical (unpaired) electrons. The zero-order valence-corrected chi connectivity index (χ0v) is 11.5. The van der Waals surface area contributed by atoms with E-state index in [9.17, 15) is 0 Å². The van der Waals surface area contributed by atoms with Gasteiger partial charge in [-0.1, -0.05) is 33.2 Å². The molecule has 0 saturated heterocycles. The van der Waals surface area contributed by atoms with Crippen molar-refractivity contribution in [3.8, 4) is 0 Å². The minimum Gasteiger partial charge on any atom is -0.250 e. The van der Waals surface area contributed by atoms with Crippen LogP contribution in [0.15, 0.2) is 5.38 Å². The summed E-state index contributed by atoms with van der Waals surface area (Å²) in [4.78, 5) is 0. The summed E-state index contributed by atoms with van der Waals surface area (Å²) in [5.41, 5.74) is 0. The molecule has 1 aliphatic carbocycles. The van der Waals surface area contributed by atoms with Crippen LogP contribution >= 0.6 is 45.9 Å². The summed E-state index contributed by atoms with van der Waals surface area (Å²) in [6.07, 6.45) is 4.39. The largest absolute Gasteiger partial charge is 0.254 e. The maximum atomic E-state index is 6.21. The highest BCUT2D eigenvalue weighted by molar-refractivity contribution is 7.19. The van der Waals surface area contributed by atoms with E-state index in [1.165, 1.54) is 6.42 Å². The van der Waals surface area contributed by atoms with Gasteiger partial charge in [-0.25, -0.2) is 5.10 Å². The number of hydrogen-bond acceptors (Lipinski definition) is 1. The van der Waals surface area contributed by atoms with E-state index >= 15 is 0 Å². The first-order valence-electron chi connectivity index (χ1n) is 5.05. The van der Waals surface area contributed by atoms with Gasteiger partial charge in [0.15, 0.2) is 5.15 Å². The van der Waals surface area contributed by atoms with Crippen LogP contribution in [0, 0.1) is 0 Å². The van der Waals surface area contributed by atoms with E-state index < -0.39 is 10.9 Å². The van der Waals surface area contributed by atoms with Gasteiger partial charge in [0.2, 0.25) is 5.38 Å². The highest BCUT2D eigenvalue weighted by atomic mass is 35.5. The molecule has 0 bridgehead atoms. The normalized spacial score (nSPS) is 26.8. The van der Waals surface area contributed by atoms with Crippen molar-refractivity contribution in [2.24, 2.45) is 0 Å². The Morgan fingerprint density at radius 2 is 2.19 bits per heavy atom. The van der Waals surface area contributed by atoms with Crippen LogP contribution in [0.4, 0.5) is 0 Å². The molecule has 0 aromatic carbocycles. The van der Waals surface area contributed by atoms with Crippen molar-refractivity contribution in [3.05, 3.63) is 10.5 Å². The lowest BCUT2D eigenvalue weighted by molar-refractivity contribution is 0.219. The molecule has 1 fully saturated rings. The highest BCUT2D eigenvalue weighted by Crippen LogP contribution is 2.27. The average molecular weight is 306 g/mol. The van der Waals surface area contributed by atoms with E-state index in [0.29, 0.717) is 5.15 Å². The van der Waals surface area contributed by atoms with Crippen molar-refractivity contribution < 1.29 is 4.18 Å². The van der Waals surface area contributed by atoms with Crippen molar-refractivity contribution >= 4 is 45.9 Å². The van der Waals surface area contributed by atoms with Crippen molar-refractivity contribution in [2.45, 2.75) is 37.2 Å². The van der Waals surface area contributed by atoms with Crippen molar-refractivity contribution in [2.75, 3.05) is 0 Å². The number of aromatic amines is 2. The first-order chi connectivity index (χ1) is 7.65. The third kappa shape index (κ3) is 3.34. The molecule has 1 unspecified atom stereocenters. The van der Waals surface area contributed by atoms with Crippen LogP contribution in [-0.2, 0) is 0 Å². The number of aromatic nitrogens is 3. The molecule has 4 nitrogen and oxygen atoms in total. The topological polar surface area (TPSA) is 45.7 Å². The van der Waals surface area contributed by atoms with Gasteiger partial charge in [0.05, 0.1) is 17.2 Å².